The zero-order valence-corrected chi connectivity index (χ0v) is 15.5. The van der Waals surface area contributed by atoms with Crippen molar-refractivity contribution in [2.45, 2.75) is 46.2 Å². The van der Waals surface area contributed by atoms with Crippen LogP contribution in [0.1, 0.15) is 45.9 Å². The summed E-state index contributed by atoms with van der Waals surface area (Å²) >= 11 is 0. The Kier molecular flexibility index (Phi) is 7.58. The van der Waals surface area contributed by atoms with Crippen LogP contribution in [-0.4, -0.2) is 18.6 Å². The molecule has 1 amide bonds. The van der Waals surface area contributed by atoms with Crippen molar-refractivity contribution in [2.75, 3.05) is 6.61 Å². The highest BCUT2D eigenvalue weighted by molar-refractivity contribution is 5.85. The number of rotatable bonds is 7. The Morgan fingerprint density at radius 2 is 2.04 bits per heavy atom. The molecule has 2 rings (SSSR count). The number of nitrogens with two attached hydrogens (primary N) is 1. The van der Waals surface area contributed by atoms with Crippen LogP contribution in [0.25, 0.3) is 11.0 Å². The third-order valence-electron chi connectivity index (χ3n) is 4.17. The van der Waals surface area contributed by atoms with E-state index in [2.05, 4.69) is 5.32 Å². The van der Waals surface area contributed by atoms with Crippen molar-refractivity contribution in [1.29, 1.82) is 0 Å². The molecule has 3 N–H and O–H groups in total. The average Bonchev–Trinajstić information content (AvgIpc) is 2.99. The molecule has 1 aromatic carbocycles. The zero-order chi connectivity index (χ0) is 17.0. The van der Waals surface area contributed by atoms with E-state index in [0.717, 1.165) is 11.8 Å². The minimum atomic E-state index is -0.509. The molecular formula is C18H27ClN2O3. The molecule has 0 aliphatic rings. The molecule has 0 saturated heterocycles. The van der Waals surface area contributed by atoms with Crippen LogP contribution in [0.5, 0.6) is 5.75 Å². The minimum absolute atomic E-state index is 0. The van der Waals surface area contributed by atoms with E-state index in [-0.39, 0.29) is 30.3 Å². The maximum Gasteiger partial charge on any atom is 0.237 e. The highest BCUT2D eigenvalue weighted by Gasteiger charge is 2.23. The van der Waals surface area contributed by atoms with Gasteiger partial charge in [0, 0.05) is 5.39 Å². The van der Waals surface area contributed by atoms with Crippen LogP contribution < -0.4 is 15.8 Å². The predicted molar refractivity (Wildman–Crippen MR) is 98.6 cm³/mol. The van der Waals surface area contributed by atoms with E-state index in [1.165, 1.54) is 0 Å². The Labute approximate surface area is 149 Å². The molecule has 0 spiro atoms. The largest absolute Gasteiger partial charge is 0.490 e. The third kappa shape index (κ3) is 4.42. The van der Waals surface area contributed by atoms with Gasteiger partial charge in [0.25, 0.3) is 0 Å². The van der Waals surface area contributed by atoms with Crippen molar-refractivity contribution in [1.82, 2.24) is 5.32 Å². The zero-order valence-electron chi connectivity index (χ0n) is 14.7. The van der Waals surface area contributed by atoms with Crippen molar-refractivity contribution < 1.29 is 13.9 Å². The first-order valence-corrected chi connectivity index (χ1v) is 8.19. The molecule has 2 aromatic rings. The Bertz CT molecular complexity index is 671. The van der Waals surface area contributed by atoms with Crippen LogP contribution in [0.4, 0.5) is 0 Å². The first kappa shape index (κ1) is 20.3. The highest BCUT2D eigenvalue weighted by Crippen LogP contribution is 2.31. The van der Waals surface area contributed by atoms with Gasteiger partial charge in [0.2, 0.25) is 5.91 Å². The number of benzene rings is 1. The fourth-order valence-electron chi connectivity index (χ4n) is 2.43. The van der Waals surface area contributed by atoms with E-state index in [1.54, 1.807) is 0 Å². The number of hydrogen-bond acceptors (Lipinski definition) is 4. The van der Waals surface area contributed by atoms with Crippen LogP contribution in [0.3, 0.4) is 0 Å². The van der Waals surface area contributed by atoms with Gasteiger partial charge in [-0.05, 0) is 31.9 Å². The molecule has 134 valence electrons. The molecule has 0 radical (unpaired) electrons. The standard InChI is InChI=1S/C18H26N2O3.ClH/c1-5-11(3)16(19)18(21)20-12(4)15-10-13-8-7-9-14(22-6-2)17(13)23-15;/h7-12,16H,5-6,19H2,1-4H3,(H,20,21);1H. The summed E-state index contributed by atoms with van der Waals surface area (Å²) in [4.78, 5) is 12.2. The maximum absolute atomic E-state index is 12.2. The van der Waals surface area contributed by atoms with Crippen molar-refractivity contribution >= 4 is 29.3 Å². The van der Waals surface area contributed by atoms with Gasteiger partial charge in [0.15, 0.2) is 11.3 Å². The number of furan rings is 1. The highest BCUT2D eigenvalue weighted by atomic mass is 35.5. The summed E-state index contributed by atoms with van der Waals surface area (Å²) in [7, 11) is 0. The summed E-state index contributed by atoms with van der Waals surface area (Å²) in [5.74, 6) is 1.39. The molecule has 24 heavy (non-hydrogen) atoms. The third-order valence-corrected chi connectivity index (χ3v) is 4.17. The number of carbonyl (C=O) groups excluding carboxylic acids is 1. The van der Waals surface area contributed by atoms with E-state index in [4.69, 9.17) is 14.9 Å². The van der Waals surface area contributed by atoms with Crippen LogP contribution in [0.2, 0.25) is 0 Å². The van der Waals surface area contributed by atoms with E-state index in [9.17, 15) is 4.79 Å². The quantitative estimate of drug-likeness (QED) is 0.792. The van der Waals surface area contributed by atoms with E-state index >= 15 is 0 Å². The smallest absolute Gasteiger partial charge is 0.237 e. The number of fused-ring (bicyclic) bond motifs is 1. The molecule has 6 heteroatoms. The fourth-order valence-corrected chi connectivity index (χ4v) is 2.43. The number of amides is 1. The number of nitrogens with one attached hydrogen (secondary N) is 1. The molecule has 0 aliphatic carbocycles. The summed E-state index contributed by atoms with van der Waals surface area (Å²) in [5, 5.41) is 3.88. The molecular weight excluding hydrogens is 328 g/mol. The van der Waals surface area contributed by atoms with Gasteiger partial charge in [-0.3, -0.25) is 4.79 Å². The van der Waals surface area contributed by atoms with Gasteiger partial charge in [-0.15, -0.1) is 12.4 Å². The van der Waals surface area contributed by atoms with Crippen LogP contribution >= 0.6 is 12.4 Å². The Balaban J connectivity index is 0.00000288. The van der Waals surface area contributed by atoms with Gasteiger partial charge in [0.05, 0.1) is 18.7 Å². The van der Waals surface area contributed by atoms with Crippen molar-refractivity contribution in [3.8, 4) is 5.75 Å². The minimum Gasteiger partial charge on any atom is -0.490 e. The number of carbonyl (C=O) groups is 1. The normalized spacial score (nSPS) is 14.5. The Hall–Kier alpha value is -1.72. The number of halogens is 1. The molecule has 3 unspecified atom stereocenters. The van der Waals surface area contributed by atoms with Gasteiger partial charge in [-0.1, -0.05) is 32.4 Å². The molecule has 5 nitrogen and oxygen atoms in total. The first-order chi connectivity index (χ1) is 11.0. The first-order valence-electron chi connectivity index (χ1n) is 8.19. The lowest BCUT2D eigenvalue weighted by molar-refractivity contribution is -0.124. The molecule has 0 fully saturated rings. The van der Waals surface area contributed by atoms with Crippen molar-refractivity contribution in [3.05, 3.63) is 30.0 Å². The predicted octanol–water partition coefficient (Wildman–Crippen LogP) is 3.80. The lowest BCUT2D eigenvalue weighted by Crippen LogP contribution is -2.45. The molecule has 0 saturated carbocycles. The van der Waals surface area contributed by atoms with E-state index in [1.807, 2.05) is 52.0 Å². The molecule has 1 aromatic heterocycles. The summed E-state index contributed by atoms with van der Waals surface area (Å²) in [6, 6.07) is 6.93. The number of hydrogen-bond donors (Lipinski definition) is 2. The molecule has 0 aliphatic heterocycles. The summed E-state index contributed by atoms with van der Waals surface area (Å²) < 4.78 is 11.5. The fraction of sp³-hybridized carbons (Fsp3) is 0.500. The van der Waals surface area contributed by atoms with E-state index < -0.39 is 6.04 Å². The van der Waals surface area contributed by atoms with Gasteiger partial charge >= 0.3 is 0 Å². The lowest BCUT2D eigenvalue weighted by Gasteiger charge is -2.20. The Morgan fingerprint density at radius 1 is 1.33 bits per heavy atom. The lowest BCUT2D eigenvalue weighted by atomic mass is 9.99. The number of para-hydroxylation sites is 1. The second kappa shape index (κ2) is 8.94. The van der Waals surface area contributed by atoms with Gasteiger partial charge in [0.1, 0.15) is 5.76 Å². The van der Waals surface area contributed by atoms with Crippen LogP contribution in [0.15, 0.2) is 28.7 Å². The second-order valence-electron chi connectivity index (χ2n) is 5.90. The molecule has 1 heterocycles. The maximum atomic E-state index is 12.2. The van der Waals surface area contributed by atoms with Crippen molar-refractivity contribution in [3.63, 3.8) is 0 Å². The topological polar surface area (TPSA) is 77.5 Å². The second-order valence-corrected chi connectivity index (χ2v) is 5.90. The van der Waals surface area contributed by atoms with Crippen molar-refractivity contribution in [2.24, 2.45) is 11.7 Å². The van der Waals surface area contributed by atoms with Gasteiger partial charge < -0.3 is 20.2 Å². The summed E-state index contributed by atoms with van der Waals surface area (Å²) in [6.45, 7) is 8.40. The average molecular weight is 355 g/mol. The van der Waals surface area contributed by atoms with Gasteiger partial charge in [-0.2, -0.15) is 0 Å². The Morgan fingerprint density at radius 3 is 2.67 bits per heavy atom. The summed E-state index contributed by atoms with van der Waals surface area (Å²) in [6.07, 6.45) is 0.866. The monoisotopic (exact) mass is 354 g/mol. The summed E-state index contributed by atoms with van der Waals surface area (Å²) in [5.41, 5.74) is 6.68. The number of ether oxygens (including phenoxy) is 1. The molecule has 3 atom stereocenters. The van der Waals surface area contributed by atoms with Gasteiger partial charge in [-0.25, -0.2) is 0 Å². The van der Waals surface area contributed by atoms with E-state index in [0.29, 0.717) is 23.7 Å². The SMILES string of the molecule is CCOc1cccc2cc(C(C)NC(=O)C(N)C(C)CC)oc12.Cl. The van der Waals surface area contributed by atoms with Crippen LogP contribution in [-0.2, 0) is 4.79 Å². The molecule has 0 bridgehead atoms. The van der Waals surface area contributed by atoms with Crippen LogP contribution in [0, 0.1) is 5.92 Å².